The molecule has 0 aromatic heterocycles. The van der Waals surface area contributed by atoms with E-state index in [9.17, 15) is 9.59 Å². The van der Waals surface area contributed by atoms with Crippen molar-refractivity contribution in [2.24, 2.45) is 28.9 Å². The Morgan fingerprint density at radius 2 is 1.70 bits per heavy atom. The Bertz CT molecular complexity index is 550. The van der Waals surface area contributed by atoms with E-state index < -0.39 is 12.1 Å². The molecule has 1 saturated heterocycles. The number of likely N-dealkylation sites (tertiary alicyclic amines) is 1. The predicted molar refractivity (Wildman–Crippen MR) is 108 cm³/mol. The van der Waals surface area contributed by atoms with E-state index in [1.54, 1.807) is 0 Å². The largest absolute Gasteiger partial charge is 0.342 e. The molecule has 1 aliphatic heterocycles. The van der Waals surface area contributed by atoms with Gasteiger partial charge in [-0.3, -0.25) is 9.59 Å². The molecular formula is C22H39N3O2. The second-order valence-corrected chi connectivity index (χ2v) is 10.3. The summed E-state index contributed by atoms with van der Waals surface area (Å²) in [5, 5.41) is 3.06. The van der Waals surface area contributed by atoms with Crippen molar-refractivity contribution in [2.45, 2.75) is 97.2 Å². The molecule has 3 rings (SSSR count). The van der Waals surface area contributed by atoms with Crippen LogP contribution in [0.15, 0.2) is 0 Å². The smallest absolute Gasteiger partial charge is 0.245 e. The van der Waals surface area contributed by atoms with Crippen LogP contribution in [-0.4, -0.2) is 41.4 Å². The molecule has 3 N–H and O–H groups in total. The Morgan fingerprint density at radius 3 is 2.30 bits per heavy atom. The number of amides is 2. The molecule has 0 radical (unpaired) electrons. The summed E-state index contributed by atoms with van der Waals surface area (Å²) >= 11 is 0. The van der Waals surface area contributed by atoms with Crippen molar-refractivity contribution in [1.82, 2.24) is 10.2 Å². The van der Waals surface area contributed by atoms with Crippen LogP contribution in [0.3, 0.4) is 0 Å². The van der Waals surface area contributed by atoms with E-state index in [1.165, 1.54) is 25.7 Å². The van der Waals surface area contributed by atoms with Gasteiger partial charge in [0.05, 0.1) is 6.04 Å². The summed E-state index contributed by atoms with van der Waals surface area (Å²) in [6.45, 7) is 9.13. The highest BCUT2D eigenvalue weighted by molar-refractivity contribution is 5.90. The molecule has 5 atom stereocenters. The first-order valence-electron chi connectivity index (χ1n) is 11.1. The Balaban J connectivity index is 1.68. The van der Waals surface area contributed by atoms with Gasteiger partial charge >= 0.3 is 0 Å². The molecule has 5 nitrogen and oxygen atoms in total. The zero-order valence-electron chi connectivity index (χ0n) is 17.7. The van der Waals surface area contributed by atoms with Crippen LogP contribution >= 0.6 is 0 Å². The lowest BCUT2D eigenvalue weighted by Gasteiger charge is -2.37. The summed E-state index contributed by atoms with van der Waals surface area (Å²) in [4.78, 5) is 28.4. The van der Waals surface area contributed by atoms with E-state index >= 15 is 0 Å². The molecule has 27 heavy (non-hydrogen) atoms. The molecule has 0 aromatic rings. The van der Waals surface area contributed by atoms with Crippen LogP contribution in [-0.2, 0) is 9.59 Å². The molecule has 3 aliphatic rings. The molecule has 1 unspecified atom stereocenters. The van der Waals surface area contributed by atoms with Crippen LogP contribution in [0.4, 0.5) is 0 Å². The first-order chi connectivity index (χ1) is 12.7. The average Bonchev–Trinajstić information content (AvgIpc) is 3.21. The van der Waals surface area contributed by atoms with Crippen LogP contribution in [0.2, 0.25) is 0 Å². The standard InChI is InChI=1S/C22H39N3O2/c1-14-17-12-8-11-16(17)13-25(14)21(27)19(22(2,3)4)24-20(26)18(23)15-9-6-5-7-10-15/h14-19H,5-13,23H2,1-4H3,(H,24,26)/t14-,16+,17-,18+,19?/m1/s1. The zero-order valence-corrected chi connectivity index (χ0v) is 17.7. The maximum absolute atomic E-state index is 13.4. The highest BCUT2D eigenvalue weighted by atomic mass is 16.2. The number of nitrogens with two attached hydrogens (primary N) is 1. The van der Waals surface area contributed by atoms with Gasteiger partial charge in [-0.15, -0.1) is 0 Å². The Morgan fingerprint density at radius 1 is 1.04 bits per heavy atom. The van der Waals surface area contributed by atoms with Gasteiger partial charge in [-0.25, -0.2) is 0 Å². The van der Waals surface area contributed by atoms with Gasteiger partial charge in [-0.1, -0.05) is 46.5 Å². The molecule has 2 amide bonds. The van der Waals surface area contributed by atoms with Crippen molar-refractivity contribution in [3.05, 3.63) is 0 Å². The molecule has 0 spiro atoms. The summed E-state index contributed by atoms with van der Waals surface area (Å²) in [6.07, 6.45) is 9.35. The molecule has 5 heteroatoms. The van der Waals surface area contributed by atoms with E-state index in [0.29, 0.717) is 11.8 Å². The summed E-state index contributed by atoms with van der Waals surface area (Å²) in [6, 6.07) is -0.738. The number of hydrogen-bond donors (Lipinski definition) is 2. The van der Waals surface area contributed by atoms with Crippen LogP contribution in [0, 0.1) is 23.2 Å². The van der Waals surface area contributed by atoms with E-state index in [2.05, 4.69) is 12.2 Å². The third kappa shape index (κ3) is 4.33. The van der Waals surface area contributed by atoms with Crippen LogP contribution in [0.25, 0.3) is 0 Å². The molecule has 0 bridgehead atoms. The van der Waals surface area contributed by atoms with Crippen molar-refractivity contribution < 1.29 is 9.59 Å². The lowest BCUT2D eigenvalue weighted by atomic mass is 9.82. The van der Waals surface area contributed by atoms with E-state index in [-0.39, 0.29) is 29.2 Å². The van der Waals surface area contributed by atoms with Gasteiger partial charge in [0, 0.05) is 12.6 Å². The maximum Gasteiger partial charge on any atom is 0.245 e. The number of nitrogens with zero attached hydrogens (tertiary/aromatic N) is 1. The van der Waals surface area contributed by atoms with E-state index in [0.717, 1.165) is 32.2 Å². The topological polar surface area (TPSA) is 75.4 Å². The van der Waals surface area contributed by atoms with Gasteiger partial charge in [0.1, 0.15) is 6.04 Å². The Kier molecular flexibility index (Phi) is 6.19. The van der Waals surface area contributed by atoms with Crippen molar-refractivity contribution in [3.63, 3.8) is 0 Å². The van der Waals surface area contributed by atoms with Gasteiger partial charge in [0.15, 0.2) is 0 Å². The lowest BCUT2D eigenvalue weighted by molar-refractivity contribution is -0.141. The number of carbonyl (C=O) groups excluding carboxylic acids is 2. The Labute approximate surface area is 164 Å². The number of rotatable bonds is 4. The number of carbonyl (C=O) groups is 2. The van der Waals surface area contributed by atoms with Gasteiger partial charge < -0.3 is 16.0 Å². The predicted octanol–water partition coefficient (Wildman–Crippen LogP) is 3.07. The van der Waals surface area contributed by atoms with E-state index in [4.69, 9.17) is 5.73 Å². The third-order valence-electron chi connectivity index (χ3n) is 7.40. The second kappa shape index (κ2) is 8.10. The Hall–Kier alpha value is -1.10. The second-order valence-electron chi connectivity index (χ2n) is 10.3. The summed E-state index contributed by atoms with van der Waals surface area (Å²) < 4.78 is 0. The molecular weight excluding hydrogens is 338 g/mol. The van der Waals surface area contributed by atoms with Crippen LogP contribution in [0.1, 0.15) is 79.1 Å². The molecule has 2 aliphatic carbocycles. The highest BCUT2D eigenvalue weighted by Crippen LogP contribution is 2.42. The normalized spacial score (nSPS) is 31.4. The number of hydrogen-bond acceptors (Lipinski definition) is 3. The fraction of sp³-hybridized carbons (Fsp3) is 0.909. The molecule has 154 valence electrons. The van der Waals surface area contributed by atoms with Gasteiger partial charge in [0.2, 0.25) is 11.8 Å². The first-order valence-corrected chi connectivity index (χ1v) is 11.1. The summed E-state index contributed by atoms with van der Waals surface area (Å²) in [7, 11) is 0. The van der Waals surface area contributed by atoms with Crippen molar-refractivity contribution in [2.75, 3.05) is 6.54 Å². The molecule has 0 aromatic carbocycles. The van der Waals surface area contributed by atoms with Crippen molar-refractivity contribution >= 4 is 11.8 Å². The van der Waals surface area contributed by atoms with Gasteiger partial charge in [-0.05, 0) is 55.8 Å². The number of nitrogens with one attached hydrogen (secondary N) is 1. The summed E-state index contributed by atoms with van der Waals surface area (Å²) in [5.41, 5.74) is 5.97. The fourth-order valence-corrected chi connectivity index (χ4v) is 5.63. The quantitative estimate of drug-likeness (QED) is 0.790. The monoisotopic (exact) mass is 377 g/mol. The van der Waals surface area contributed by atoms with Gasteiger partial charge in [-0.2, -0.15) is 0 Å². The fourth-order valence-electron chi connectivity index (χ4n) is 5.63. The highest BCUT2D eigenvalue weighted by Gasteiger charge is 2.47. The first kappa shape index (κ1) is 20.6. The van der Waals surface area contributed by atoms with Gasteiger partial charge in [0.25, 0.3) is 0 Å². The lowest BCUT2D eigenvalue weighted by Crippen LogP contribution is -2.59. The minimum atomic E-state index is -0.513. The van der Waals surface area contributed by atoms with E-state index in [1.807, 2.05) is 25.7 Å². The molecule has 3 fully saturated rings. The minimum Gasteiger partial charge on any atom is -0.342 e. The number of fused-ring (bicyclic) bond motifs is 1. The molecule has 2 saturated carbocycles. The third-order valence-corrected chi connectivity index (χ3v) is 7.40. The average molecular weight is 378 g/mol. The van der Waals surface area contributed by atoms with Crippen molar-refractivity contribution in [1.29, 1.82) is 0 Å². The summed E-state index contributed by atoms with van der Waals surface area (Å²) in [5.74, 6) is 1.45. The van der Waals surface area contributed by atoms with Crippen LogP contribution in [0.5, 0.6) is 0 Å². The SMILES string of the molecule is C[C@@H]1[C@H]2CCC[C@H]2CN1C(=O)C(NC(=O)[C@@H](N)C1CCCCC1)C(C)(C)C. The minimum absolute atomic E-state index is 0.0774. The van der Waals surface area contributed by atoms with Crippen LogP contribution < -0.4 is 11.1 Å². The zero-order chi connectivity index (χ0) is 19.8. The maximum atomic E-state index is 13.4. The molecule has 1 heterocycles. The van der Waals surface area contributed by atoms with Crippen molar-refractivity contribution in [3.8, 4) is 0 Å².